The van der Waals surface area contributed by atoms with Crippen molar-refractivity contribution in [1.29, 1.82) is 0 Å². The van der Waals surface area contributed by atoms with Crippen molar-refractivity contribution in [2.24, 2.45) is 0 Å². The molecule has 19 heavy (non-hydrogen) atoms. The number of hydrogen-bond acceptors (Lipinski definition) is 2. The predicted molar refractivity (Wildman–Crippen MR) is 78.0 cm³/mol. The molecule has 98 valence electrons. The summed E-state index contributed by atoms with van der Waals surface area (Å²) < 4.78 is 5.78. The Balaban J connectivity index is 2.55. The van der Waals surface area contributed by atoms with E-state index in [9.17, 15) is 4.79 Å². The minimum absolute atomic E-state index is 0.0770. The SMILES string of the molecule is CC(C)Oc1ccccc1-c1ccc(Cl)cc1C=O. The van der Waals surface area contributed by atoms with Crippen molar-refractivity contribution in [3.8, 4) is 16.9 Å². The van der Waals surface area contributed by atoms with Crippen molar-refractivity contribution in [3.63, 3.8) is 0 Å². The normalized spacial score (nSPS) is 10.5. The van der Waals surface area contributed by atoms with Gasteiger partial charge in [0.1, 0.15) is 5.75 Å². The van der Waals surface area contributed by atoms with E-state index in [0.29, 0.717) is 10.6 Å². The van der Waals surface area contributed by atoms with E-state index < -0.39 is 0 Å². The fourth-order valence-electron chi connectivity index (χ4n) is 1.92. The molecule has 0 atom stereocenters. The second-order valence-electron chi connectivity index (χ2n) is 4.51. The third-order valence-electron chi connectivity index (χ3n) is 2.68. The molecule has 0 N–H and O–H groups in total. The van der Waals surface area contributed by atoms with E-state index in [1.165, 1.54) is 0 Å². The van der Waals surface area contributed by atoms with Gasteiger partial charge in [0.25, 0.3) is 0 Å². The molecule has 2 nitrogen and oxygen atoms in total. The number of aldehydes is 1. The van der Waals surface area contributed by atoms with Gasteiger partial charge in [-0.3, -0.25) is 4.79 Å². The Morgan fingerprint density at radius 2 is 1.84 bits per heavy atom. The molecule has 0 bridgehead atoms. The van der Waals surface area contributed by atoms with Gasteiger partial charge in [0.05, 0.1) is 6.10 Å². The van der Waals surface area contributed by atoms with Gasteiger partial charge < -0.3 is 4.74 Å². The van der Waals surface area contributed by atoms with Crippen LogP contribution in [0, 0.1) is 0 Å². The Labute approximate surface area is 118 Å². The van der Waals surface area contributed by atoms with Crippen LogP contribution in [0.3, 0.4) is 0 Å². The highest BCUT2D eigenvalue weighted by Gasteiger charge is 2.11. The van der Waals surface area contributed by atoms with E-state index in [1.54, 1.807) is 12.1 Å². The Bertz CT molecular complexity index is 591. The minimum Gasteiger partial charge on any atom is -0.490 e. The largest absolute Gasteiger partial charge is 0.490 e. The molecule has 0 aliphatic carbocycles. The molecule has 0 radical (unpaired) electrons. The maximum absolute atomic E-state index is 11.2. The molecule has 2 aromatic rings. The van der Waals surface area contributed by atoms with E-state index in [2.05, 4.69) is 0 Å². The topological polar surface area (TPSA) is 26.3 Å². The highest BCUT2D eigenvalue weighted by Crippen LogP contribution is 2.33. The van der Waals surface area contributed by atoms with Crippen LogP contribution in [-0.4, -0.2) is 12.4 Å². The van der Waals surface area contributed by atoms with E-state index >= 15 is 0 Å². The van der Waals surface area contributed by atoms with Crippen molar-refractivity contribution >= 4 is 17.9 Å². The van der Waals surface area contributed by atoms with Crippen molar-refractivity contribution in [2.75, 3.05) is 0 Å². The number of benzene rings is 2. The molecule has 0 saturated heterocycles. The highest BCUT2D eigenvalue weighted by atomic mass is 35.5. The van der Waals surface area contributed by atoms with Gasteiger partial charge in [-0.25, -0.2) is 0 Å². The first-order valence-corrected chi connectivity index (χ1v) is 6.50. The maximum atomic E-state index is 11.2. The van der Waals surface area contributed by atoms with Crippen molar-refractivity contribution in [3.05, 3.63) is 53.1 Å². The fourth-order valence-corrected chi connectivity index (χ4v) is 2.10. The molecule has 0 unspecified atom stereocenters. The lowest BCUT2D eigenvalue weighted by atomic mass is 9.99. The van der Waals surface area contributed by atoms with Gasteiger partial charge >= 0.3 is 0 Å². The minimum atomic E-state index is 0.0770. The smallest absolute Gasteiger partial charge is 0.150 e. The molecule has 2 rings (SSSR count). The van der Waals surface area contributed by atoms with Gasteiger partial charge in [-0.05, 0) is 37.6 Å². The van der Waals surface area contributed by atoms with Crippen LogP contribution in [0.5, 0.6) is 5.75 Å². The summed E-state index contributed by atoms with van der Waals surface area (Å²) in [6.07, 6.45) is 0.890. The van der Waals surface area contributed by atoms with E-state index in [4.69, 9.17) is 16.3 Å². The summed E-state index contributed by atoms with van der Waals surface area (Å²) in [6.45, 7) is 3.94. The van der Waals surface area contributed by atoms with Crippen LogP contribution >= 0.6 is 11.6 Å². The Morgan fingerprint density at radius 1 is 1.11 bits per heavy atom. The Hall–Kier alpha value is -1.80. The van der Waals surface area contributed by atoms with Gasteiger partial charge in [-0.2, -0.15) is 0 Å². The zero-order valence-electron chi connectivity index (χ0n) is 10.9. The van der Waals surface area contributed by atoms with Crippen molar-refractivity contribution < 1.29 is 9.53 Å². The van der Waals surface area contributed by atoms with Gasteiger partial charge in [-0.1, -0.05) is 35.9 Å². The van der Waals surface area contributed by atoms with Crippen LogP contribution < -0.4 is 4.74 Å². The molecule has 2 aromatic carbocycles. The fraction of sp³-hybridized carbons (Fsp3) is 0.188. The number of ether oxygens (including phenoxy) is 1. The van der Waals surface area contributed by atoms with Gasteiger partial charge in [0.2, 0.25) is 0 Å². The molecule has 0 aliphatic rings. The predicted octanol–water partition coefficient (Wildman–Crippen LogP) is 4.61. The number of rotatable bonds is 4. The Morgan fingerprint density at radius 3 is 2.53 bits per heavy atom. The molecule has 0 saturated carbocycles. The molecule has 0 fully saturated rings. The average Bonchev–Trinajstić information content (AvgIpc) is 2.39. The van der Waals surface area contributed by atoms with Gasteiger partial charge in [0.15, 0.2) is 6.29 Å². The summed E-state index contributed by atoms with van der Waals surface area (Å²) in [7, 11) is 0. The summed E-state index contributed by atoms with van der Waals surface area (Å²) in [4.78, 5) is 11.2. The van der Waals surface area contributed by atoms with Crippen LogP contribution in [0.2, 0.25) is 5.02 Å². The summed E-state index contributed by atoms with van der Waals surface area (Å²) in [5.41, 5.74) is 2.29. The van der Waals surface area contributed by atoms with Crippen LogP contribution in [0.4, 0.5) is 0 Å². The molecule has 0 amide bonds. The second-order valence-corrected chi connectivity index (χ2v) is 4.95. The van der Waals surface area contributed by atoms with E-state index in [0.717, 1.165) is 23.2 Å². The highest BCUT2D eigenvalue weighted by molar-refractivity contribution is 6.31. The van der Waals surface area contributed by atoms with Crippen molar-refractivity contribution in [2.45, 2.75) is 20.0 Å². The first kappa shape index (κ1) is 13.6. The third kappa shape index (κ3) is 3.15. The first-order chi connectivity index (χ1) is 9.11. The molecule has 0 aliphatic heterocycles. The average molecular weight is 275 g/mol. The quantitative estimate of drug-likeness (QED) is 0.761. The number of hydrogen-bond donors (Lipinski definition) is 0. The molecule has 3 heteroatoms. The van der Waals surface area contributed by atoms with E-state index in [1.807, 2.05) is 44.2 Å². The number of carbonyl (C=O) groups is 1. The van der Waals surface area contributed by atoms with Crippen LogP contribution in [0.1, 0.15) is 24.2 Å². The van der Waals surface area contributed by atoms with Crippen LogP contribution in [0.25, 0.3) is 11.1 Å². The van der Waals surface area contributed by atoms with Crippen LogP contribution in [-0.2, 0) is 0 Å². The summed E-state index contributed by atoms with van der Waals surface area (Å²) in [5.74, 6) is 0.767. The molecule has 0 spiro atoms. The second kappa shape index (κ2) is 5.89. The van der Waals surface area contributed by atoms with Gasteiger partial charge in [-0.15, -0.1) is 0 Å². The van der Waals surface area contributed by atoms with Crippen molar-refractivity contribution in [1.82, 2.24) is 0 Å². The monoisotopic (exact) mass is 274 g/mol. The van der Waals surface area contributed by atoms with Gasteiger partial charge in [0, 0.05) is 16.1 Å². The lowest BCUT2D eigenvalue weighted by Crippen LogP contribution is -2.06. The third-order valence-corrected chi connectivity index (χ3v) is 2.92. The molecule has 0 heterocycles. The lowest BCUT2D eigenvalue weighted by molar-refractivity contribution is 0.112. The Kier molecular flexibility index (Phi) is 4.23. The molecular formula is C16H15ClO2. The standard InChI is InChI=1S/C16H15ClO2/c1-11(2)19-16-6-4-3-5-15(16)14-8-7-13(17)9-12(14)10-18/h3-11H,1-2H3. The number of halogens is 1. The zero-order chi connectivity index (χ0) is 13.8. The molecule has 0 aromatic heterocycles. The lowest BCUT2D eigenvalue weighted by Gasteiger charge is -2.15. The zero-order valence-corrected chi connectivity index (χ0v) is 11.6. The summed E-state index contributed by atoms with van der Waals surface area (Å²) in [6, 6.07) is 13.0. The first-order valence-electron chi connectivity index (χ1n) is 6.12. The summed E-state index contributed by atoms with van der Waals surface area (Å²) in [5, 5.41) is 0.549. The number of carbonyl (C=O) groups excluding carboxylic acids is 1. The maximum Gasteiger partial charge on any atom is 0.150 e. The number of para-hydroxylation sites is 1. The van der Waals surface area contributed by atoms with E-state index in [-0.39, 0.29) is 6.10 Å². The molecular weight excluding hydrogens is 260 g/mol. The summed E-state index contributed by atoms with van der Waals surface area (Å²) >= 11 is 5.92. The van der Waals surface area contributed by atoms with Crippen LogP contribution in [0.15, 0.2) is 42.5 Å².